The minimum Gasteiger partial charge on any atom is -0.481 e. The van der Waals surface area contributed by atoms with Gasteiger partial charge in [0.2, 0.25) is 0 Å². The van der Waals surface area contributed by atoms with Crippen LogP contribution in [0.25, 0.3) is 0 Å². The van der Waals surface area contributed by atoms with Crippen molar-refractivity contribution >= 4 is 5.97 Å². The molecular weight excluding hydrogens is 184 g/mol. The first kappa shape index (κ1) is 9.93. The minimum atomic E-state index is -0.745. The molecule has 2 rings (SSSR count). The maximum absolute atomic E-state index is 10.8. The van der Waals surface area contributed by atoms with Crippen LogP contribution >= 0.6 is 0 Å². The second-order valence-electron chi connectivity index (χ2n) is 4.90. The van der Waals surface area contributed by atoms with E-state index in [4.69, 9.17) is 14.6 Å². The van der Waals surface area contributed by atoms with Gasteiger partial charge in [-0.25, -0.2) is 0 Å². The summed E-state index contributed by atoms with van der Waals surface area (Å²) in [6.07, 6.45) is 1.05. The summed E-state index contributed by atoms with van der Waals surface area (Å²) < 4.78 is 11.4. The van der Waals surface area contributed by atoms with Crippen molar-refractivity contribution in [2.75, 3.05) is 0 Å². The van der Waals surface area contributed by atoms with Gasteiger partial charge in [-0.3, -0.25) is 4.79 Å². The number of hydrogen-bond acceptors (Lipinski definition) is 3. The largest absolute Gasteiger partial charge is 0.481 e. The third-order valence-corrected chi connectivity index (χ3v) is 3.09. The summed E-state index contributed by atoms with van der Waals surface area (Å²) in [5.74, 6) is -1.63. The molecule has 0 aromatic heterocycles. The second-order valence-corrected chi connectivity index (χ2v) is 4.90. The monoisotopic (exact) mass is 200 g/mol. The zero-order valence-corrected chi connectivity index (χ0v) is 8.74. The molecule has 1 heterocycles. The summed E-state index contributed by atoms with van der Waals surface area (Å²) in [4.78, 5) is 10.8. The molecule has 2 fully saturated rings. The highest BCUT2D eigenvalue weighted by atomic mass is 16.8. The first-order valence-electron chi connectivity index (χ1n) is 4.93. The molecule has 0 amide bonds. The highest BCUT2D eigenvalue weighted by molar-refractivity contribution is 5.70. The normalized spacial score (nSPS) is 45.1. The van der Waals surface area contributed by atoms with Crippen molar-refractivity contribution < 1.29 is 19.4 Å². The fraction of sp³-hybridized carbons (Fsp3) is 0.900. The number of carboxylic acids is 1. The molecule has 1 saturated heterocycles. The Morgan fingerprint density at radius 1 is 1.43 bits per heavy atom. The third kappa shape index (κ3) is 1.42. The Morgan fingerprint density at radius 3 is 2.57 bits per heavy atom. The van der Waals surface area contributed by atoms with E-state index >= 15 is 0 Å². The molecule has 0 bridgehead atoms. The van der Waals surface area contributed by atoms with Crippen molar-refractivity contribution in [2.45, 2.75) is 51.1 Å². The molecule has 0 aromatic carbocycles. The first-order valence-corrected chi connectivity index (χ1v) is 4.93. The maximum atomic E-state index is 10.8. The van der Waals surface area contributed by atoms with E-state index in [0.717, 1.165) is 0 Å². The van der Waals surface area contributed by atoms with Crippen LogP contribution in [0.4, 0.5) is 0 Å². The zero-order valence-electron chi connectivity index (χ0n) is 8.74. The van der Waals surface area contributed by atoms with E-state index in [0.29, 0.717) is 12.8 Å². The van der Waals surface area contributed by atoms with Gasteiger partial charge in [0.15, 0.2) is 5.79 Å². The van der Waals surface area contributed by atoms with E-state index < -0.39 is 17.4 Å². The molecule has 0 radical (unpaired) electrons. The fourth-order valence-electron chi connectivity index (χ4n) is 2.61. The van der Waals surface area contributed by atoms with E-state index in [9.17, 15) is 4.79 Å². The van der Waals surface area contributed by atoms with Gasteiger partial charge in [0.1, 0.15) is 0 Å². The van der Waals surface area contributed by atoms with Gasteiger partial charge in [-0.05, 0) is 33.6 Å². The summed E-state index contributed by atoms with van der Waals surface area (Å²) in [7, 11) is 0. The van der Waals surface area contributed by atoms with Crippen LogP contribution in [-0.4, -0.2) is 28.6 Å². The Hall–Kier alpha value is -0.610. The highest BCUT2D eigenvalue weighted by Crippen LogP contribution is 2.48. The van der Waals surface area contributed by atoms with Crippen molar-refractivity contribution in [3.63, 3.8) is 0 Å². The van der Waals surface area contributed by atoms with E-state index in [1.165, 1.54) is 0 Å². The Kier molecular flexibility index (Phi) is 1.92. The number of rotatable bonds is 1. The number of carbonyl (C=O) groups is 1. The quantitative estimate of drug-likeness (QED) is 0.695. The lowest BCUT2D eigenvalue weighted by atomic mass is 10.0. The minimum absolute atomic E-state index is 0.0707. The third-order valence-electron chi connectivity index (χ3n) is 3.09. The first-order chi connectivity index (χ1) is 6.32. The molecule has 3 atom stereocenters. The average molecular weight is 200 g/mol. The van der Waals surface area contributed by atoms with Gasteiger partial charge in [-0.1, -0.05) is 0 Å². The Morgan fingerprint density at radius 2 is 2.07 bits per heavy atom. The fourth-order valence-corrected chi connectivity index (χ4v) is 2.61. The molecule has 2 aliphatic rings. The summed E-state index contributed by atoms with van der Waals surface area (Å²) in [6, 6.07) is 0. The zero-order chi connectivity index (χ0) is 10.6. The van der Waals surface area contributed by atoms with Gasteiger partial charge in [0.05, 0.1) is 17.6 Å². The van der Waals surface area contributed by atoms with Gasteiger partial charge in [0.25, 0.3) is 0 Å². The SMILES string of the molecule is CC1(C)O[C@H]2C[C@H](C(=O)O)C[C@@]2(C)O1. The Bertz CT molecular complexity index is 273. The predicted molar refractivity (Wildman–Crippen MR) is 48.8 cm³/mol. The number of ether oxygens (including phenoxy) is 2. The summed E-state index contributed by atoms with van der Waals surface area (Å²) >= 11 is 0. The van der Waals surface area contributed by atoms with Gasteiger partial charge >= 0.3 is 5.97 Å². The molecule has 0 unspecified atom stereocenters. The van der Waals surface area contributed by atoms with E-state index in [-0.39, 0.29) is 12.0 Å². The van der Waals surface area contributed by atoms with Crippen molar-refractivity contribution in [1.29, 1.82) is 0 Å². The van der Waals surface area contributed by atoms with E-state index in [1.54, 1.807) is 0 Å². The molecule has 1 N–H and O–H groups in total. The lowest BCUT2D eigenvalue weighted by molar-refractivity contribution is -0.172. The van der Waals surface area contributed by atoms with Crippen molar-refractivity contribution in [3.05, 3.63) is 0 Å². The molecule has 80 valence electrons. The number of fused-ring (bicyclic) bond motifs is 1. The number of carboxylic acid groups (broad SMARTS) is 1. The summed E-state index contributed by atoms with van der Waals surface area (Å²) in [5, 5.41) is 8.90. The van der Waals surface area contributed by atoms with Crippen LogP contribution in [0.3, 0.4) is 0 Å². The summed E-state index contributed by atoms with van der Waals surface area (Å²) in [5.41, 5.74) is -0.410. The predicted octanol–water partition coefficient (Wildman–Crippen LogP) is 1.39. The molecule has 0 aromatic rings. The lowest BCUT2D eigenvalue weighted by Gasteiger charge is -2.24. The van der Waals surface area contributed by atoms with Crippen molar-refractivity contribution in [3.8, 4) is 0 Å². The maximum Gasteiger partial charge on any atom is 0.306 e. The van der Waals surface area contributed by atoms with Crippen LogP contribution in [0.2, 0.25) is 0 Å². The molecule has 1 aliphatic carbocycles. The lowest BCUT2D eigenvalue weighted by Crippen LogP contribution is -2.32. The van der Waals surface area contributed by atoms with Crippen molar-refractivity contribution in [2.24, 2.45) is 5.92 Å². The van der Waals surface area contributed by atoms with Crippen molar-refractivity contribution in [1.82, 2.24) is 0 Å². The standard InChI is InChI=1S/C10H16O4/c1-9(2)13-7-4-6(8(11)12)5-10(7,3)14-9/h6-7H,4-5H2,1-3H3,(H,11,12)/t6-,7-,10+/m0/s1. The van der Waals surface area contributed by atoms with Crippen LogP contribution in [0.5, 0.6) is 0 Å². The van der Waals surface area contributed by atoms with Crippen LogP contribution < -0.4 is 0 Å². The number of hydrogen-bond donors (Lipinski definition) is 1. The van der Waals surface area contributed by atoms with E-state index in [2.05, 4.69) is 0 Å². The Labute approximate surface area is 83.2 Å². The summed E-state index contributed by atoms with van der Waals surface area (Å²) in [6.45, 7) is 5.67. The van der Waals surface area contributed by atoms with Gasteiger partial charge in [-0.15, -0.1) is 0 Å². The van der Waals surface area contributed by atoms with Gasteiger partial charge < -0.3 is 14.6 Å². The van der Waals surface area contributed by atoms with Crippen LogP contribution in [0.1, 0.15) is 33.6 Å². The second kappa shape index (κ2) is 2.70. The molecule has 14 heavy (non-hydrogen) atoms. The molecule has 4 nitrogen and oxygen atoms in total. The average Bonchev–Trinajstić information content (AvgIpc) is 2.34. The smallest absolute Gasteiger partial charge is 0.306 e. The van der Waals surface area contributed by atoms with Crippen LogP contribution in [0.15, 0.2) is 0 Å². The van der Waals surface area contributed by atoms with Crippen LogP contribution in [0, 0.1) is 5.92 Å². The van der Waals surface area contributed by atoms with E-state index in [1.807, 2.05) is 20.8 Å². The van der Waals surface area contributed by atoms with Gasteiger partial charge in [-0.2, -0.15) is 0 Å². The molecular formula is C10H16O4. The molecule has 1 aliphatic heterocycles. The molecule has 4 heteroatoms. The number of aliphatic carboxylic acids is 1. The van der Waals surface area contributed by atoms with Gasteiger partial charge in [0, 0.05) is 0 Å². The highest BCUT2D eigenvalue weighted by Gasteiger charge is 2.57. The molecule has 1 saturated carbocycles. The van der Waals surface area contributed by atoms with Crippen LogP contribution in [-0.2, 0) is 14.3 Å². The Balaban J connectivity index is 2.14. The molecule has 0 spiro atoms. The topological polar surface area (TPSA) is 55.8 Å².